The zero-order chi connectivity index (χ0) is 19.2. The summed E-state index contributed by atoms with van der Waals surface area (Å²) in [6.45, 7) is 3.35. The largest absolute Gasteiger partial charge is 0.325 e. The first-order valence-electron chi connectivity index (χ1n) is 8.81. The van der Waals surface area contributed by atoms with Crippen LogP contribution in [0.25, 0.3) is 0 Å². The minimum absolute atomic E-state index is 0.0286. The number of carbonyl (C=O) groups excluding carboxylic acids is 2. The van der Waals surface area contributed by atoms with Gasteiger partial charge >= 0.3 is 0 Å². The third-order valence-corrected chi connectivity index (χ3v) is 5.24. The second kappa shape index (κ2) is 8.75. The van der Waals surface area contributed by atoms with Crippen LogP contribution < -0.4 is 10.6 Å². The fourth-order valence-electron chi connectivity index (χ4n) is 2.84. The highest BCUT2D eigenvalue weighted by Crippen LogP contribution is 2.26. The van der Waals surface area contributed by atoms with Gasteiger partial charge in [0.25, 0.3) is 0 Å². The molecular weight excluding hydrogens is 356 g/mol. The average Bonchev–Trinajstić information content (AvgIpc) is 3.21. The zero-order valence-electron chi connectivity index (χ0n) is 15.3. The normalized spacial score (nSPS) is 13.0. The van der Waals surface area contributed by atoms with Gasteiger partial charge in [-0.2, -0.15) is 0 Å². The summed E-state index contributed by atoms with van der Waals surface area (Å²) < 4.78 is 0. The Balaban J connectivity index is 1.74. The summed E-state index contributed by atoms with van der Waals surface area (Å²) >= 11 is 1.66. The van der Waals surface area contributed by atoms with Gasteiger partial charge in [0.2, 0.25) is 5.91 Å². The Labute approximate surface area is 163 Å². The molecule has 0 unspecified atom stereocenters. The first-order valence-corrected chi connectivity index (χ1v) is 9.69. The molecule has 1 heterocycles. The number of hydrogen-bond acceptors (Lipinski definition) is 4. The first-order chi connectivity index (χ1) is 13.0. The lowest BCUT2D eigenvalue weighted by Gasteiger charge is -2.22. The minimum Gasteiger partial charge on any atom is -0.325 e. The molecule has 27 heavy (non-hydrogen) atoms. The van der Waals surface area contributed by atoms with E-state index in [1.165, 1.54) is 6.92 Å². The number of ketones is 1. The zero-order valence-corrected chi connectivity index (χ0v) is 16.1. The summed E-state index contributed by atoms with van der Waals surface area (Å²) in [4.78, 5) is 25.4. The van der Waals surface area contributed by atoms with Crippen LogP contribution in [0.15, 0.2) is 72.1 Å². The molecule has 1 amide bonds. The van der Waals surface area contributed by atoms with Gasteiger partial charge in [-0.05, 0) is 43.0 Å². The summed E-state index contributed by atoms with van der Waals surface area (Å²) in [5.41, 5.74) is 2.31. The van der Waals surface area contributed by atoms with Crippen LogP contribution in [0.5, 0.6) is 0 Å². The van der Waals surface area contributed by atoms with Crippen LogP contribution in [-0.4, -0.2) is 17.7 Å². The van der Waals surface area contributed by atoms with Crippen molar-refractivity contribution < 1.29 is 9.59 Å². The number of amides is 1. The molecule has 0 bridgehead atoms. The maximum absolute atomic E-state index is 12.7. The van der Waals surface area contributed by atoms with Crippen molar-refractivity contribution in [3.63, 3.8) is 0 Å². The lowest BCUT2D eigenvalue weighted by molar-refractivity contribution is -0.117. The highest BCUT2D eigenvalue weighted by atomic mass is 32.1. The SMILES string of the molecule is CC(=O)c1cccc(NC(=O)[C@@H](C)N[C@@H](c2ccccc2)c2cccs2)c1. The second-order valence-corrected chi connectivity index (χ2v) is 7.35. The van der Waals surface area contributed by atoms with Crippen molar-refractivity contribution in [1.29, 1.82) is 0 Å². The van der Waals surface area contributed by atoms with Crippen molar-refractivity contribution in [3.05, 3.63) is 88.1 Å². The van der Waals surface area contributed by atoms with Crippen LogP contribution in [-0.2, 0) is 4.79 Å². The van der Waals surface area contributed by atoms with E-state index in [0.29, 0.717) is 11.3 Å². The number of hydrogen-bond donors (Lipinski definition) is 2. The standard InChI is InChI=1S/C22H22N2O2S/c1-15(22(26)24-19-11-6-10-18(14-19)16(2)25)23-21(20-12-7-13-27-20)17-8-4-3-5-9-17/h3-15,21,23H,1-2H3,(H,24,26)/t15-,21+/m1/s1. The predicted octanol–water partition coefficient (Wildman–Crippen LogP) is 4.66. The van der Waals surface area contributed by atoms with E-state index in [1.54, 1.807) is 35.6 Å². The molecule has 1 aromatic heterocycles. The van der Waals surface area contributed by atoms with Crippen LogP contribution in [0.1, 0.15) is 40.7 Å². The number of rotatable bonds is 7. The number of Topliss-reactive ketones (excluding diaryl/α,β-unsaturated/α-hetero) is 1. The fourth-order valence-corrected chi connectivity index (χ4v) is 3.65. The van der Waals surface area contributed by atoms with Crippen molar-refractivity contribution >= 4 is 28.7 Å². The molecular formula is C22H22N2O2S. The van der Waals surface area contributed by atoms with E-state index < -0.39 is 6.04 Å². The molecule has 0 aliphatic rings. The topological polar surface area (TPSA) is 58.2 Å². The van der Waals surface area contributed by atoms with Gasteiger partial charge in [-0.15, -0.1) is 11.3 Å². The number of anilines is 1. The minimum atomic E-state index is -0.418. The Bertz CT molecular complexity index is 907. The molecule has 0 fully saturated rings. The van der Waals surface area contributed by atoms with Crippen molar-refractivity contribution in [1.82, 2.24) is 5.32 Å². The number of thiophene rings is 1. The fraction of sp³-hybridized carbons (Fsp3) is 0.182. The molecule has 3 rings (SSSR count). The summed E-state index contributed by atoms with van der Waals surface area (Å²) in [5, 5.41) is 8.35. The maximum atomic E-state index is 12.7. The molecule has 4 nitrogen and oxygen atoms in total. The molecule has 138 valence electrons. The Morgan fingerprint density at radius 1 is 0.963 bits per heavy atom. The Morgan fingerprint density at radius 3 is 2.41 bits per heavy atom. The summed E-state index contributed by atoms with van der Waals surface area (Å²) in [6.07, 6.45) is 0. The molecule has 3 aromatic rings. The van der Waals surface area contributed by atoms with Crippen molar-refractivity contribution in [2.75, 3.05) is 5.32 Å². The van der Waals surface area contributed by atoms with Gasteiger partial charge in [0.1, 0.15) is 0 Å². The van der Waals surface area contributed by atoms with Crippen molar-refractivity contribution in [3.8, 4) is 0 Å². The molecule has 0 spiro atoms. The van der Waals surface area contributed by atoms with E-state index in [2.05, 4.69) is 28.8 Å². The van der Waals surface area contributed by atoms with Crippen LogP contribution in [0.3, 0.4) is 0 Å². The molecule has 5 heteroatoms. The molecule has 2 N–H and O–H groups in total. The Hall–Kier alpha value is -2.76. The highest BCUT2D eigenvalue weighted by molar-refractivity contribution is 7.10. The van der Waals surface area contributed by atoms with Crippen molar-refractivity contribution in [2.45, 2.75) is 25.9 Å². The molecule has 0 saturated heterocycles. The van der Waals surface area contributed by atoms with Crippen LogP contribution in [0.2, 0.25) is 0 Å². The molecule has 0 radical (unpaired) electrons. The van der Waals surface area contributed by atoms with Gasteiger partial charge in [0.15, 0.2) is 5.78 Å². The first kappa shape index (κ1) is 19.0. The van der Waals surface area contributed by atoms with Gasteiger partial charge in [-0.25, -0.2) is 0 Å². The summed E-state index contributed by atoms with van der Waals surface area (Å²) in [6, 6.07) is 20.7. The van der Waals surface area contributed by atoms with Gasteiger partial charge in [-0.1, -0.05) is 48.5 Å². The number of nitrogens with one attached hydrogen (secondary N) is 2. The molecule has 0 aliphatic heterocycles. The Kier molecular flexibility index (Phi) is 6.16. The second-order valence-electron chi connectivity index (χ2n) is 6.37. The van der Waals surface area contributed by atoms with E-state index in [-0.39, 0.29) is 17.7 Å². The lowest BCUT2D eigenvalue weighted by Crippen LogP contribution is -2.40. The van der Waals surface area contributed by atoms with Gasteiger partial charge < -0.3 is 5.32 Å². The summed E-state index contributed by atoms with van der Waals surface area (Å²) in [5.74, 6) is -0.174. The molecule has 2 atom stereocenters. The van der Waals surface area contributed by atoms with Gasteiger partial charge in [-0.3, -0.25) is 14.9 Å². The number of benzene rings is 2. The Morgan fingerprint density at radius 2 is 1.74 bits per heavy atom. The van der Waals surface area contributed by atoms with Crippen LogP contribution in [0.4, 0.5) is 5.69 Å². The number of carbonyl (C=O) groups is 2. The van der Waals surface area contributed by atoms with E-state index in [4.69, 9.17) is 0 Å². The summed E-state index contributed by atoms with van der Waals surface area (Å²) in [7, 11) is 0. The highest BCUT2D eigenvalue weighted by Gasteiger charge is 2.21. The smallest absolute Gasteiger partial charge is 0.241 e. The van der Waals surface area contributed by atoms with E-state index in [9.17, 15) is 9.59 Å². The lowest BCUT2D eigenvalue weighted by atomic mass is 10.0. The van der Waals surface area contributed by atoms with E-state index >= 15 is 0 Å². The van der Waals surface area contributed by atoms with Gasteiger partial charge in [0.05, 0.1) is 12.1 Å². The van der Waals surface area contributed by atoms with E-state index in [0.717, 1.165) is 10.4 Å². The van der Waals surface area contributed by atoms with E-state index in [1.807, 2.05) is 36.6 Å². The third-order valence-electron chi connectivity index (χ3n) is 4.31. The molecule has 0 aliphatic carbocycles. The van der Waals surface area contributed by atoms with Crippen molar-refractivity contribution in [2.24, 2.45) is 0 Å². The monoisotopic (exact) mass is 378 g/mol. The average molecular weight is 378 g/mol. The molecule has 2 aromatic carbocycles. The quantitative estimate of drug-likeness (QED) is 0.588. The molecule has 0 saturated carbocycles. The predicted molar refractivity (Wildman–Crippen MR) is 110 cm³/mol. The van der Waals surface area contributed by atoms with Crippen LogP contribution >= 0.6 is 11.3 Å². The van der Waals surface area contributed by atoms with Gasteiger partial charge in [0, 0.05) is 16.1 Å². The maximum Gasteiger partial charge on any atom is 0.241 e. The third kappa shape index (κ3) is 4.90. The van der Waals surface area contributed by atoms with Crippen LogP contribution in [0, 0.1) is 0 Å².